The molecule has 2 aliphatic carbocycles. The van der Waals surface area contributed by atoms with Gasteiger partial charge in [-0.25, -0.2) is 4.39 Å². The van der Waals surface area contributed by atoms with Crippen LogP contribution in [-0.2, 0) is 10.2 Å². The summed E-state index contributed by atoms with van der Waals surface area (Å²) < 4.78 is 14.6. The largest absolute Gasteiger partial charge is 0.299 e. The Hall–Kier alpha value is -0.890. The predicted octanol–water partition coefficient (Wildman–Crippen LogP) is 4.18. The van der Waals surface area contributed by atoms with E-state index in [9.17, 15) is 9.18 Å². The van der Waals surface area contributed by atoms with Crippen LogP contribution in [0.25, 0.3) is 0 Å². The van der Waals surface area contributed by atoms with Gasteiger partial charge in [0, 0.05) is 11.4 Å². The Bertz CT molecular complexity index is 513. The average molecular weight is 267 g/mol. The van der Waals surface area contributed by atoms with Crippen LogP contribution < -0.4 is 0 Å². The molecule has 0 saturated heterocycles. The highest BCUT2D eigenvalue weighted by Crippen LogP contribution is 2.52. The molecule has 0 aliphatic heterocycles. The van der Waals surface area contributed by atoms with Crippen LogP contribution in [0.3, 0.4) is 0 Å². The second kappa shape index (κ2) is 4.06. The van der Waals surface area contributed by atoms with Crippen LogP contribution in [0.4, 0.5) is 4.39 Å². The molecule has 1 aromatic rings. The van der Waals surface area contributed by atoms with Gasteiger partial charge in [0.15, 0.2) is 0 Å². The molecule has 1 unspecified atom stereocenters. The molecule has 1 aromatic carbocycles. The van der Waals surface area contributed by atoms with Crippen molar-refractivity contribution in [2.24, 2.45) is 0 Å². The minimum absolute atomic E-state index is 0.0606. The van der Waals surface area contributed by atoms with Gasteiger partial charge >= 0.3 is 0 Å². The Balaban J connectivity index is 2.26. The van der Waals surface area contributed by atoms with Crippen molar-refractivity contribution >= 4 is 17.4 Å². The number of halogens is 2. The molecule has 3 rings (SSSR count). The second-order valence-corrected chi connectivity index (χ2v) is 5.96. The lowest BCUT2D eigenvalue weighted by molar-refractivity contribution is -0.125. The number of benzene rings is 1. The lowest BCUT2D eigenvalue weighted by Crippen LogP contribution is -2.45. The molecule has 1 fully saturated rings. The molecule has 0 aromatic heterocycles. The fraction of sp³-hybridized carbons (Fsp3) is 0.533. The van der Waals surface area contributed by atoms with Gasteiger partial charge in [-0.2, -0.15) is 0 Å². The Morgan fingerprint density at radius 3 is 2.89 bits per heavy atom. The minimum Gasteiger partial charge on any atom is -0.299 e. The molecule has 0 amide bonds. The van der Waals surface area contributed by atoms with Gasteiger partial charge in [0.1, 0.15) is 12.0 Å². The van der Waals surface area contributed by atoms with E-state index in [0.717, 1.165) is 17.5 Å². The fourth-order valence-electron chi connectivity index (χ4n) is 3.73. The first kappa shape index (κ1) is 12.2. The summed E-state index contributed by atoms with van der Waals surface area (Å²) in [6.07, 6.45) is 1.27. The molecular formula is C15H16ClFO. The molecule has 1 saturated carbocycles. The summed E-state index contributed by atoms with van der Waals surface area (Å²) >= 11 is 6.26. The van der Waals surface area contributed by atoms with E-state index >= 15 is 0 Å². The van der Waals surface area contributed by atoms with E-state index in [-0.39, 0.29) is 11.7 Å². The van der Waals surface area contributed by atoms with Crippen molar-refractivity contribution in [1.29, 1.82) is 0 Å². The number of carbonyl (C=O) groups is 1. The summed E-state index contributed by atoms with van der Waals surface area (Å²) in [4.78, 5) is 12.3. The summed E-state index contributed by atoms with van der Waals surface area (Å²) in [6.45, 7) is 1.99. The van der Waals surface area contributed by atoms with Gasteiger partial charge in [0.05, 0.1) is 5.41 Å². The Kier molecular flexibility index (Phi) is 2.74. The number of fused-ring (bicyclic) bond motifs is 2. The molecule has 96 valence electrons. The highest BCUT2D eigenvalue weighted by molar-refractivity contribution is 6.31. The normalized spacial score (nSPS) is 34.9. The Morgan fingerprint density at radius 1 is 1.44 bits per heavy atom. The van der Waals surface area contributed by atoms with Crippen LogP contribution in [0.2, 0.25) is 5.02 Å². The van der Waals surface area contributed by atoms with E-state index in [0.29, 0.717) is 24.3 Å². The fourth-order valence-corrected chi connectivity index (χ4v) is 4.09. The van der Waals surface area contributed by atoms with Gasteiger partial charge in [-0.05, 0) is 42.4 Å². The molecule has 1 spiro atoms. The summed E-state index contributed by atoms with van der Waals surface area (Å²) in [6, 6.07) is 5.56. The number of ketones is 1. The zero-order valence-electron chi connectivity index (χ0n) is 10.4. The second-order valence-electron chi connectivity index (χ2n) is 5.55. The molecular weight excluding hydrogens is 251 g/mol. The summed E-state index contributed by atoms with van der Waals surface area (Å²) in [5.74, 6) is 0.146. The maximum atomic E-state index is 14.6. The monoisotopic (exact) mass is 266 g/mol. The maximum absolute atomic E-state index is 14.6. The third kappa shape index (κ3) is 1.41. The lowest BCUT2D eigenvalue weighted by Gasteiger charge is -2.40. The molecule has 3 heteroatoms. The molecule has 1 nitrogen and oxygen atoms in total. The summed E-state index contributed by atoms with van der Waals surface area (Å²) in [5.41, 5.74) is 0.944. The number of Topliss-reactive ketones (excluding diaryl/α,β-unsaturated/α-hetero) is 1. The van der Waals surface area contributed by atoms with Crippen molar-refractivity contribution in [2.75, 3.05) is 0 Å². The number of carbonyl (C=O) groups excluding carboxylic acids is 1. The highest BCUT2D eigenvalue weighted by Gasteiger charge is 2.54. The van der Waals surface area contributed by atoms with Crippen LogP contribution in [0.5, 0.6) is 0 Å². The number of alkyl halides is 1. The molecule has 0 heterocycles. The van der Waals surface area contributed by atoms with Gasteiger partial charge in [0.2, 0.25) is 0 Å². The van der Waals surface area contributed by atoms with Gasteiger partial charge in [-0.3, -0.25) is 4.79 Å². The quantitative estimate of drug-likeness (QED) is 0.689. The van der Waals surface area contributed by atoms with Gasteiger partial charge in [-0.1, -0.05) is 30.7 Å². The van der Waals surface area contributed by atoms with Crippen molar-refractivity contribution in [3.05, 3.63) is 34.3 Å². The average Bonchev–Trinajstić information content (AvgIpc) is 2.69. The first-order valence-corrected chi connectivity index (χ1v) is 6.91. The van der Waals surface area contributed by atoms with Crippen LogP contribution in [0.1, 0.15) is 49.7 Å². The van der Waals surface area contributed by atoms with E-state index in [2.05, 4.69) is 0 Å². The predicted molar refractivity (Wildman–Crippen MR) is 69.9 cm³/mol. The molecule has 0 radical (unpaired) electrons. The first-order chi connectivity index (χ1) is 8.57. The van der Waals surface area contributed by atoms with Crippen LogP contribution in [0, 0.1) is 0 Å². The SMILES string of the molecule is CC1C[C@@H](F)[C@]2(CCCC2=O)c2cccc(Cl)c21. The van der Waals surface area contributed by atoms with Gasteiger partial charge in [-0.15, -0.1) is 0 Å². The number of hydrogen-bond donors (Lipinski definition) is 0. The minimum atomic E-state index is -1.06. The Morgan fingerprint density at radius 2 is 2.22 bits per heavy atom. The standard InChI is InChI=1S/C15H16ClFO/c1-9-8-12(17)15(7-3-6-13(15)18)10-4-2-5-11(16)14(9)10/h2,4-5,9,12H,3,6-8H2,1H3/t9?,12-,15+/m1/s1. The van der Waals surface area contributed by atoms with Crippen molar-refractivity contribution in [3.63, 3.8) is 0 Å². The van der Waals surface area contributed by atoms with Gasteiger partial charge in [0.25, 0.3) is 0 Å². The van der Waals surface area contributed by atoms with E-state index in [1.165, 1.54) is 0 Å². The smallest absolute Gasteiger partial charge is 0.146 e. The molecule has 2 aliphatic rings. The van der Waals surface area contributed by atoms with Gasteiger partial charge < -0.3 is 0 Å². The molecule has 0 N–H and O–H groups in total. The van der Waals surface area contributed by atoms with Crippen LogP contribution in [-0.4, -0.2) is 12.0 Å². The van der Waals surface area contributed by atoms with E-state index in [4.69, 9.17) is 11.6 Å². The summed E-state index contributed by atoms with van der Waals surface area (Å²) in [7, 11) is 0. The van der Waals surface area contributed by atoms with E-state index in [1.54, 1.807) is 0 Å². The molecule has 18 heavy (non-hydrogen) atoms. The van der Waals surface area contributed by atoms with Crippen molar-refractivity contribution in [1.82, 2.24) is 0 Å². The summed E-state index contributed by atoms with van der Waals surface area (Å²) in [5, 5.41) is 0.672. The maximum Gasteiger partial charge on any atom is 0.146 e. The van der Waals surface area contributed by atoms with Crippen LogP contribution in [0.15, 0.2) is 18.2 Å². The third-order valence-electron chi connectivity index (χ3n) is 4.59. The molecule has 3 atom stereocenters. The Labute approximate surface area is 111 Å². The van der Waals surface area contributed by atoms with Crippen LogP contribution >= 0.6 is 11.6 Å². The molecule has 0 bridgehead atoms. The lowest BCUT2D eigenvalue weighted by atomic mass is 9.64. The zero-order valence-corrected chi connectivity index (χ0v) is 11.1. The van der Waals surface area contributed by atoms with Crippen molar-refractivity contribution in [3.8, 4) is 0 Å². The van der Waals surface area contributed by atoms with Crippen molar-refractivity contribution in [2.45, 2.75) is 50.1 Å². The van der Waals surface area contributed by atoms with E-state index in [1.807, 2.05) is 25.1 Å². The zero-order chi connectivity index (χ0) is 12.9. The number of rotatable bonds is 0. The van der Waals surface area contributed by atoms with E-state index < -0.39 is 11.6 Å². The van der Waals surface area contributed by atoms with Crippen molar-refractivity contribution < 1.29 is 9.18 Å². The third-order valence-corrected chi connectivity index (χ3v) is 4.92. The number of hydrogen-bond acceptors (Lipinski definition) is 1. The highest BCUT2D eigenvalue weighted by atomic mass is 35.5. The first-order valence-electron chi connectivity index (χ1n) is 6.53. The topological polar surface area (TPSA) is 17.1 Å².